The molecule has 4 nitrogen and oxygen atoms in total. The first kappa shape index (κ1) is 12.4. The zero-order valence-electron chi connectivity index (χ0n) is 11.0. The lowest BCUT2D eigenvalue weighted by Gasteiger charge is -2.22. The van der Waals surface area contributed by atoms with Gasteiger partial charge in [-0.3, -0.25) is 4.79 Å². The largest absolute Gasteiger partial charge is 0.361 e. The van der Waals surface area contributed by atoms with Crippen LogP contribution in [0.3, 0.4) is 0 Å². The Hall–Kier alpha value is -1.62. The summed E-state index contributed by atoms with van der Waals surface area (Å²) in [6.07, 6.45) is 1.98. The van der Waals surface area contributed by atoms with E-state index in [9.17, 15) is 4.79 Å². The van der Waals surface area contributed by atoms with Gasteiger partial charge in [-0.2, -0.15) is 0 Å². The van der Waals surface area contributed by atoms with Crippen LogP contribution in [0.2, 0.25) is 0 Å². The first-order valence-corrected chi connectivity index (χ1v) is 7.27. The maximum atomic E-state index is 12.5. The summed E-state index contributed by atoms with van der Waals surface area (Å²) in [5.41, 5.74) is 0.872. The number of carbonyl (C=O) groups is 1. The third-order valence-electron chi connectivity index (χ3n) is 3.45. The van der Waals surface area contributed by atoms with Crippen molar-refractivity contribution in [1.82, 2.24) is 10.1 Å². The van der Waals surface area contributed by atoms with Gasteiger partial charge in [-0.25, -0.2) is 0 Å². The fourth-order valence-corrected chi connectivity index (χ4v) is 3.37. The third-order valence-corrected chi connectivity index (χ3v) is 4.44. The van der Waals surface area contributed by atoms with Crippen molar-refractivity contribution in [3.8, 4) is 0 Å². The van der Waals surface area contributed by atoms with Crippen molar-refractivity contribution in [3.63, 3.8) is 0 Å². The predicted molar refractivity (Wildman–Crippen MR) is 73.3 cm³/mol. The number of aromatic nitrogens is 1. The van der Waals surface area contributed by atoms with E-state index in [0.29, 0.717) is 0 Å². The monoisotopic (exact) mass is 276 g/mol. The molecule has 100 valence electrons. The van der Waals surface area contributed by atoms with Gasteiger partial charge in [0.1, 0.15) is 11.5 Å². The van der Waals surface area contributed by atoms with Gasteiger partial charge in [-0.05, 0) is 38.8 Å². The fourth-order valence-electron chi connectivity index (χ4n) is 2.55. The van der Waals surface area contributed by atoms with Crippen molar-refractivity contribution in [2.24, 2.45) is 0 Å². The average molecular weight is 276 g/mol. The minimum atomic E-state index is 0.0624. The zero-order chi connectivity index (χ0) is 13.4. The van der Waals surface area contributed by atoms with Crippen LogP contribution >= 0.6 is 11.3 Å². The van der Waals surface area contributed by atoms with E-state index in [1.807, 2.05) is 36.9 Å². The zero-order valence-corrected chi connectivity index (χ0v) is 11.9. The van der Waals surface area contributed by atoms with Gasteiger partial charge in [0.2, 0.25) is 0 Å². The highest BCUT2D eigenvalue weighted by molar-refractivity contribution is 7.13. The van der Waals surface area contributed by atoms with Gasteiger partial charge >= 0.3 is 0 Å². The summed E-state index contributed by atoms with van der Waals surface area (Å²) >= 11 is 1.55. The molecule has 1 aliphatic rings. The van der Waals surface area contributed by atoms with E-state index in [1.165, 1.54) is 0 Å². The van der Waals surface area contributed by atoms with Gasteiger partial charge in [-0.15, -0.1) is 11.3 Å². The van der Waals surface area contributed by atoms with Crippen LogP contribution in [0.25, 0.3) is 0 Å². The summed E-state index contributed by atoms with van der Waals surface area (Å²) in [7, 11) is 0. The van der Waals surface area contributed by atoms with Crippen LogP contribution < -0.4 is 0 Å². The van der Waals surface area contributed by atoms with Crippen LogP contribution in [0.15, 0.2) is 22.7 Å². The second-order valence-electron chi connectivity index (χ2n) is 4.93. The molecule has 3 rings (SSSR count). The molecule has 0 aromatic carbocycles. The molecule has 1 atom stereocenters. The summed E-state index contributed by atoms with van der Waals surface area (Å²) in [4.78, 5) is 16.4. The van der Waals surface area contributed by atoms with Crippen molar-refractivity contribution in [2.45, 2.75) is 32.7 Å². The molecule has 2 aromatic rings. The number of aryl methyl sites for hydroxylation is 2. The number of rotatable bonds is 2. The molecule has 0 radical (unpaired) electrons. The van der Waals surface area contributed by atoms with E-state index in [2.05, 4.69) is 5.16 Å². The minimum Gasteiger partial charge on any atom is -0.361 e. The highest BCUT2D eigenvalue weighted by Gasteiger charge is 2.33. The fraction of sp³-hybridized carbons (Fsp3) is 0.429. The molecule has 1 saturated heterocycles. The van der Waals surface area contributed by atoms with E-state index in [0.717, 1.165) is 40.6 Å². The number of likely N-dealkylation sites (tertiary alicyclic amines) is 1. The smallest absolute Gasteiger partial charge is 0.264 e. The average Bonchev–Trinajstić information content (AvgIpc) is 3.07. The SMILES string of the molecule is Cc1cc(C2CCCN2C(=O)c2ccc(C)s2)no1. The number of thiophene rings is 1. The van der Waals surface area contributed by atoms with Crippen molar-refractivity contribution in [3.05, 3.63) is 39.4 Å². The highest BCUT2D eigenvalue weighted by Crippen LogP contribution is 2.33. The topological polar surface area (TPSA) is 46.3 Å². The number of nitrogens with zero attached hydrogens (tertiary/aromatic N) is 2. The van der Waals surface area contributed by atoms with Gasteiger partial charge in [0.05, 0.1) is 10.9 Å². The molecule has 0 N–H and O–H groups in total. The lowest BCUT2D eigenvalue weighted by atomic mass is 10.1. The number of hydrogen-bond donors (Lipinski definition) is 0. The summed E-state index contributed by atoms with van der Waals surface area (Å²) in [6.45, 7) is 4.69. The molecular formula is C14H16N2O2S. The molecule has 1 unspecified atom stereocenters. The van der Waals surface area contributed by atoms with E-state index in [1.54, 1.807) is 11.3 Å². The van der Waals surface area contributed by atoms with Gasteiger partial charge in [0, 0.05) is 17.5 Å². The molecule has 0 aliphatic carbocycles. The lowest BCUT2D eigenvalue weighted by molar-refractivity contribution is 0.0736. The van der Waals surface area contributed by atoms with Crippen LogP contribution in [-0.2, 0) is 0 Å². The Morgan fingerprint density at radius 1 is 1.47 bits per heavy atom. The standard InChI is InChI=1S/C14H16N2O2S/c1-9-8-11(15-18-9)12-4-3-7-16(12)14(17)13-6-5-10(2)19-13/h5-6,8,12H,3-4,7H2,1-2H3. The Labute approximate surface area is 116 Å². The van der Waals surface area contributed by atoms with E-state index in [-0.39, 0.29) is 11.9 Å². The summed E-state index contributed by atoms with van der Waals surface area (Å²) in [5.74, 6) is 0.905. The van der Waals surface area contributed by atoms with E-state index in [4.69, 9.17) is 4.52 Å². The van der Waals surface area contributed by atoms with Gasteiger partial charge in [0.25, 0.3) is 5.91 Å². The van der Waals surface area contributed by atoms with Crippen molar-refractivity contribution < 1.29 is 9.32 Å². The first-order valence-electron chi connectivity index (χ1n) is 6.46. The molecule has 1 amide bonds. The number of amides is 1. The molecule has 0 saturated carbocycles. The van der Waals surface area contributed by atoms with Gasteiger partial charge in [0.15, 0.2) is 0 Å². The normalized spacial score (nSPS) is 19.1. The van der Waals surface area contributed by atoms with Crippen LogP contribution in [0.1, 0.15) is 44.9 Å². The van der Waals surface area contributed by atoms with Crippen LogP contribution in [0, 0.1) is 13.8 Å². The Morgan fingerprint density at radius 2 is 2.32 bits per heavy atom. The van der Waals surface area contributed by atoms with E-state index >= 15 is 0 Å². The van der Waals surface area contributed by atoms with Crippen LogP contribution in [0.4, 0.5) is 0 Å². The molecule has 0 bridgehead atoms. The van der Waals surface area contributed by atoms with Crippen LogP contribution in [-0.4, -0.2) is 22.5 Å². The Morgan fingerprint density at radius 3 is 2.95 bits per heavy atom. The van der Waals surface area contributed by atoms with E-state index < -0.39 is 0 Å². The van der Waals surface area contributed by atoms with Crippen molar-refractivity contribution in [2.75, 3.05) is 6.54 Å². The molecular weight excluding hydrogens is 260 g/mol. The molecule has 0 spiro atoms. The molecule has 1 aliphatic heterocycles. The summed E-state index contributed by atoms with van der Waals surface area (Å²) in [6, 6.07) is 5.89. The second kappa shape index (κ2) is 4.81. The molecule has 1 fully saturated rings. The number of carbonyl (C=O) groups excluding carboxylic acids is 1. The summed E-state index contributed by atoms with van der Waals surface area (Å²) < 4.78 is 5.13. The Balaban J connectivity index is 1.85. The van der Waals surface area contributed by atoms with Gasteiger partial charge < -0.3 is 9.42 Å². The molecule has 19 heavy (non-hydrogen) atoms. The van der Waals surface area contributed by atoms with Crippen molar-refractivity contribution in [1.29, 1.82) is 0 Å². The maximum absolute atomic E-state index is 12.5. The molecule has 3 heterocycles. The van der Waals surface area contributed by atoms with Crippen LogP contribution in [0.5, 0.6) is 0 Å². The Bertz CT molecular complexity index is 602. The maximum Gasteiger partial charge on any atom is 0.264 e. The second-order valence-corrected chi connectivity index (χ2v) is 6.22. The molecule has 5 heteroatoms. The quantitative estimate of drug-likeness (QED) is 0.845. The third kappa shape index (κ3) is 2.30. The summed E-state index contributed by atoms with van der Waals surface area (Å²) in [5, 5.41) is 4.06. The van der Waals surface area contributed by atoms with Gasteiger partial charge in [-0.1, -0.05) is 5.16 Å². The Kier molecular flexibility index (Phi) is 3.14. The first-order chi connectivity index (χ1) is 9.15. The lowest BCUT2D eigenvalue weighted by Crippen LogP contribution is -2.30. The number of hydrogen-bond acceptors (Lipinski definition) is 4. The minimum absolute atomic E-state index is 0.0624. The molecule has 2 aromatic heterocycles. The van der Waals surface area contributed by atoms with Crippen molar-refractivity contribution >= 4 is 17.2 Å². The highest BCUT2D eigenvalue weighted by atomic mass is 32.1. The predicted octanol–water partition coefficient (Wildman–Crippen LogP) is 3.33.